The third-order valence-corrected chi connectivity index (χ3v) is 4.45. The first kappa shape index (κ1) is 14.3. The summed E-state index contributed by atoms with van der Waals surface area (Å²) in [5.74, 6) is -0.599. The van der Waals surface area contributed by atoms with Crippen molar-refractivity contribution in [3.63, 3.8) is 0 Å². The average Bonchev–Trinajstić information content (AvgIpc) is 3.05. The number of amides is 1. The molecule has 1 heterocycles. The molecule has 1 saturated heterocycles. The summed E-state index contributed by atoms with van der Waals surface area (Å²) in [6.45, 7) is 4.25. The van der Waals surface area contributed by atoms with E-state index >= 15 is 0 Å². The van der Waals surface area contributed by atoms with Crippen LogP contribution in [0.3, 0.4) is 0 Å². The molecule has 2 fully saturated rings. The van der Waals surface area contributed by atoms with Crippen molar-refractivity contribution in [2.75, 3.05) is 19.6 Å². The Labute approximate surface area is 114 Å². The predicted octanol–water partition coefficient (Wildman–Crippen LogP) is 1.09. The number of carboxylic acid groups (broad SMARTS) is 1. The minimum absolute atomic E-state index is 0.155. The van der Waals surface area contributed by atoms with Crippen LogP contribution in [0.25, 0.3) is 0 Å². The van der Waals surface area contributed by atoms with Crippen molar-refractivity contribution in [2.24, 2.45) is 11.8 Å². The Bertz CT molecular complexity index is 340. The van der Waals surface area contributed by atoms with Gasteiger partial charge >= 0.3 is 5.97 Å². The second-order valence-electron chi connectivity index (χ2n) is 5.80. The molecule has 0 spiro atoms. The topological polar surface area (TPSA) is 69.6 Å². The zero-order valence-electron chi connectivity index (χ0n) is 11.6. The molecule has 108 valence electrons. The maximum atomic E-state index is 12.1. The predicted molar refractivity (Wildman–Crippen MR) is 71.7 cm³/mol. The molecule has 0 aromatic rings. The van der Waals surface area contributed by atoms with E-state index in [0.717, 1.165) is 45.2 Å². The molecule has 3 unspecified atom stereocenters. The van der Waals surface area contributed by atoms with Crippen molar-refractivity contribution in [2.45, 2.75) is 45.1 Å². The van der Waals surface area contributed by atoms with Gasteiger partial charge in [0.2, 0.25) is 5.91 Å². The molecule has 1 aliphatic heterocycles. The van der Waals surface area contributed by atoms with Crippen LogP contribution >= 0.6 is 0 Å². The third-order valence-electron chi connectivity index (χ3n) is 4.45. The first-order valence-corrected chi connectivity index (χ1v) is 7.34. The van der Waals surface area contributed by atoms with Gasteiger partial charge in [-0.1, -0.05) is 6.42 Å². The number of likely N-dealkylation sites (tertiary alicyclic amines) is 1. The summed E-state index contributed by atoms with van der Waals surface area (Å²) in [6.07, 6.45) is 4.91. The number of nitrogens with one attached hydrogen (secondary N) is 1. The minimum Gasteiger partial charge on any atom is -0.481 e. The molecule has 0 bridgehead atoms. The summed E-state index contributed by atoms with van der Waals surface area (Å²) in [5, 5.41) is 12.4. The van der Waals surface area contributed by atoms with Crippen LogP contribution in [0.5, 0.6) is 0 Å². The lowest BCUT2D eigenvalue weighted by Gasteiger charge is -2.23. The molecule has 0 aromatic carbocycles. The fourth-order valence-electron chi connectivity index (χ4n) is 3.23. The lowest BCUT2D eigenvalue weighted by atomic mass is 9.96. The highest BCUT2D eigenvalue weighted by molar-refractivity contribution is 5.81. The summed E-state index contributed by atoms with van der Waals surface area (Å²) in [6, 6.07) is -0.201. The van der Waals surface area contributed by atoms with E-state index in [2.05, 4.69) is 5.32 Å². The second-order valence-corrected chi connectivity index (χ2v) is 5.80. The van der Waals surface area contributed by atoms with E-state index in [1.54, 1.807) is 0 Å². The maximum Gasteiger partial charge on any atom is 0.306 e. The van der Waals surface area contributed by atoms with Gasteiger partial charge in [-0.25, -0.2) is 0 Å². The van der Waals surface area contributed by atoms with Gasteiger partial charge in [0.05, 0.1) is 12.0 Å². The van der Waals surface area contributed by atoms with Gasteiger partial charge in [0.15, 0.2) is 0 Å². The Morgan fingerprint density at radius 2 is 1.95 bits per heavy atom. The number of carbonyl (C=O) groups is 2. The number of nitrogens with zero attached hydrogens (tertiary/aromatic N) is 1. The summed E-state index contributed by atoms with van der Waals surface area (Å²) < 4.78 is 0. The number of carbonyl (C=O) groups excluding carboxylic acids is 1. The molecule has 0 aromatic heterocycles. The zero-order valence-corrected chi connectivity index (χ0v) is 11.6. The number of aliphatic carboxylic acids is 1. The monoisotopic (exact) mass is 268 g/mol. The molecular formula is C14H24N2O3. The highest BCUT2D eigenvalue weighted by atomic mass is 16.4. The maximum absolute atomic E-state index is 12.1. The van der Waals surface area contributed by atoms with Crippen LogP contribution < -0.4 is 5.32 Å². The van der Waals surface area contributed by atoms with E-state index in [0.29, 0.717) is 6.54 Å². The SMILES string of the molecule is CC(NCC1CCCC1C(=O)O)C(=O)N1CCCC1. The van der Waals surface area contributed by atoms with E-state index in [9.17, 15) is 9.59 Å². The Hall–Kier alpha value is -1.10. The van der Waals surface area contributed by atoms with Crippen molar-refractivity contribution in [3.05, 3.63) is 0 Å². The molecule has 1 aliphatic carbocycles. The number of rotatable bonds is 5. The van der Waals surface area contributed by atoms with Crippen molar-refractivity contribution in [3.8, 4) is 0 Å². The van der Waals surface area contributed by atoms with Gasteiger partial charge in [-0.05, 0) is 45.1 Å². The van der Waals surface area contributed by atoms with Crippen LogP contribution in [0, 0.1) is 11.8 Å². The Morgan fingerprint density at radius 3 is 2.58 bits per heavy atom. The molecule has 5 nitrogen and oxygen atoms in total. The lowest BCUT2D eigenvalue weighted by molar-refractivity contribution is -0.142. The van der Waals surface area contributed by atoms with Crippen molar-refractivity contribution in [1.29, 1.82) is 0 Å². The summed E-state index contributed by atoms with van der Waals surface area (Å²) in [5.41, 5.74) is 0. The summed E-state index contributed by atoms with van der Waals surface area (Å²) in [7, 11) is 0. The molecule has 2 aliphatic rings. The van der Waals surface area contributed by atoms with Gasteiger partial charge in [-0.15, -0.1) is 0 Å². The summed E-state index contributed by atoms with van der Waals surface area (Å²) in [4.78, 5) is 25.1. The highest BCUT2D eigenvalue weighted by Gasteiger charge is 2.33. The van der Waals surface area contributed by atoms with E-state index < -0.39 is 5.97 Å². The van der Waals surface area contributed by atoms with Crippen LogP contribution in [0.15, 0.2) is 0 Å². The number of hydrogen-bond donors (Lipinski definition) is 2. The fraction of sp³-hybridized carbons (Fsp3) is 0.857. The molecular weight excluding hydrogens is 244 g/mol. The quantitative estimate of drug-likeness (QED) is 0.783. The first-order chi connectivity index (χ1) is 9.09. The van der Waals surface area contributed by atoms with Crippen molar-refractivity contribution < 1.29 is 14.7 Å². The first-order valence-electron chi connectivity index (χ1n) is 7.34. The third kappa shape index (κ3) is 3.47. The van der Waals surface area contributed by atoms with Crippen LogP contribution in [-0.2, 0) is 9.59 Å². The van der Waals surface area contributed by atoms with Gasteiger partial charge in [-0.2, -0.15) is 0 Å². The van der Waals surface area contributed by atoms with Gasteiger partial charge in [0.25, 0.3) is 0 Å². The van der Waals surface area contributed by atoms with Gasteiger partial charge in [-0.3, -0.25) is 9.59 Å². The fourth-order valence-corrected chi connectivity index (χ4v) is 3.23. The normalized spacial score (nSPS) is 28.6. The largest absolute Gasteiger partial charge is 0.481 e. The van der Waals surface area contributed by atoms with Crippen molar-refractivity contribution >= 4 is 11.9 Å². The smallest absolute Gasteiger partial charge is 0.306 e. The van der Waals surface area contributed by atoms with Gasteiger partial charge in [0.1, 0.15) is 0 Å². The van der Waals surface area contributed by atoms with Crippen LogP contribution in [0.4, 0.5) is 0 Å². The lowest BCUT2D eigenvalue weighted by Crippen LogP contribution is -2.45. The average molecular weight is 268 g/mol. The van der Waals surface area contributed by atoms with Gasteiger partial charge in [0, 0.05) is 13.1 Å². The number of carboxylic acids is 1. The Kier molecular flexibility index (Phi) is 4.80. The molecule has 1 saturated carbocycles. The minimum atomic E-state index is -0.692. The second kappa shape index (κ2) is 6.37. The summed E-state index contributed by atoms with van der Waals surface area (Å²) >= 11 is 0. The zero-order chi connectivity index (χ0) is 13.8. The highest BCUT2D eigenvalue weighted by Crippen LogP contribution is 2.31. The molecule has 2 N–H and O–H groups in total. The molecule has 5 heteroatoms. The standard InChI is InChI=1S/C14H24N2O3/c1-10(13(17)16-7-2-3-8-16)15-9-11-5-4-6-12(11)14(18)19/h10-12,15H,2-9H2,1H3,(H,18,19). The van der Waals surface area contributed by atoms with E-state index in [1.807, 2.05) is 11.8 Å². The molecule has 1 amide bonds. The van der Waals surface area contributed by atoms with Crippen molar-refractivity contribution in [1.82, 2.24) is 10.2 Å². The molecule has 0 radical (unpaired) electrons. The molecule has 2 rings (SSSR count). The van der Waals surface area contributed by atoms with Crippen LogP contribution in [0.2, 0.25) is 0 Å². The molecule has 19 heavy (non-hydrogen) atoms. The van der Waals surface area contributed by atoms with E-state index in [4.69, 9.17) is 5.11 Å². The Morgan fingerprint density at radius 1 is 1.26 bits per heavy atom. The van der Waals surface area contributed by atoms with E-state index in [1.165, 1.54) is 0 Å². The Balaban J connectivity index is 1.77. The van der Waals surface area contributed by atoms with E-state index in [-0.39, 0.29) is 23.8 Å². The van der Waals surface area contributed by atoms with Crippen LogP contribution in [-0.4, -0.2) is 47.6 Å². The number of hydrogen-bond acceptors (Lipinski definition) is 3. The van der Waals surface area contributed by atoms with Crippen LogP contribution in [0.1, 0.15) is 39.0 Å². The molecule has 3 atom stereocenters. The van der Waals surface area contributed by atoms with Gasteiger partial charge < -0.3 is 15.3 Å².